The summed E-state index contributed by atoms with van der Waals surface area (Å²) in [4.78, 5) is 2.20. The van der Waals surface area contributed by atoms with Gasteiger partial charge in [0.15, 0.2) is 0 Å². The van der Waals surface area contributed by atoms with Crippen molar-refractivity contribution >= 4 is 11.3 Å². The van der Waals surface area contributed by atoms with Gasteiger partial charge in [-0.25, -0.2) is 4.39 Å². The lowest BCUT2D eigenvalue weighted by molar-refractivity contribution is 0.718. The van der Waals surface area contributed by atoms with Crippen molar-refractivity contribution in [2.45, 2.75) is 6.54 Å². The number of hydrogen-bond acceptors (Lipinski definition) is 1. The maximum absolute atomic E-state index is 14.0. The molecule has 0 atom stereocenters. The van der Waals surface area contributed by atoms with Crippen LogP contribution < -0.4 is 4.90 Å². The molecule has 0 spiro atoms. The van der Waals surface area contributed by atoms with Gasteiger partial charge in [-0.1, -0.05) is 103 Å². The summed E-state index contributed by atoms with van der Waals surface area (Å²) in [7, 11) is 0. The summed E-state index contributed by atoms with van der Waals surface area (Å²) in [5.74, 6) is 0. The second kappa shape index (κ2) is 9.71. The van der Waals surface area contributed by atoms with Crippen molar-refractivity contribution in [3.05, 3.63) is 133 Å². The molecule has 0 fully saturated rings. The molecule has 148 valence electrons. The van der Waals surface area contributed by atoms with Crippen LogP contribution >= 0.6 is 0 Å². The Kier molecular flexibility index (Phi) is 6.36. The van der Waals surface area contributed by atoms with E-state index in [9.17, 15) is 4.39 Å². The molecule has 0 amide bonds. The van der Waals surface area contributed by atoms with Crippen molar-refractivity contribution in [2.75, 3.05) is 11.4 Å². The summed E-state index contributed by atoms with van der Waals surface area (Å²) in [6, 6.07) is 38.8. The number of hydrogen-bond donors (Lipinski definition) is 0. The van der Waals surface area contributed by atoms with Crippen molar-refractivity contribution < 1.29 is 4.39 Å². The Labute approximate surface area is 177 Å². The van der Waals surface area contributed by atoms with Gasteiger partial charge in [0.1, 0.15) is 0 Å². The van der Waals surface area contributed by atoms with Crippen molar-refractivity contribution in [3.63, 3.8) is 0 Å². The third kappa shape index (κ3) is 4.84. The minimum absolute atomic E-state index is 0.486. The smallest absolute Gasteiger partial charge is 0.0922 e. The van der Waals surface area contributed by atoms with Gasteiger partial charge in [0, 0.05) is 24.4 Å². The Hall–Kier alpha value is -3.65. The molecular weight excluding hydrogens is 369 g/mol. The maximum Gasteiger partial charge on any atom is 0.0922 e. The molecule has 1 nitrogen and oxygen atoms in total. The SMILES string of the molecule is FC=C(CN(Cc1ccccc1)c1ccccc1)c1ccc(-c2ccccc2)cc1. The van der Waals surface area contributed by atoms with E-state index >= 15 is 0 Å². The average molecular weight is 394 g/mol. The fourth-order valence-corrected chi connectivity index (χ4v) is 3.58. The molecule has 0 unspecified atom stereocenters. The van der Waals surface area contributed by atoms with Crippen molar-refractivity contribution in [1.82, 2.24) is 0 Å². The van der Waals surface area contributed by atoms with E-state index in [0.717, 1.165) is 28.7 Å². The molecule has 0 saturated carbocycles. The van der Waals surface area contributed by atoms with Crippen LogP contribution in [0.25, 0.3) is 16.7 Å². The molecule has 0 aromatic heterocycles. The molecule has 0 aliphatic rings. The van der Waals surface area contributed by atoms with Gasteiger partial charge < -0.3 is 4.90 Å². The predicted octanol–water partition coefficient (Wildman–Crippen LogP) is 7.37. The van der Waals surface area contributed by atoms with Gasteiger partial charge in [0.25, 0.3) is 0 Å². The normalized spacial score (nSPS) is 11.3. The summed E-state index contributed by atoms with van der Waals surface area (Å²) >= 11 is 0. The van der Waals surface area contributed by atoms with E-state index in [-0.39, 0.29) is 0 Å². The van der Waals surface area contributed by atoms with E-state index in [2.05, 4.69) is 53.4 Å². The number of halogens is 1. The lowest BCUT2D eigenvalue weighted by Crippen LogP contribution is -2.24. The standard InChI is InChI=1S/C28H24FN/c29-20-27(26-18-16-25(17-19-26)24-12-6-2-7-13-24)22-30(28-14-8-3-9-15-28)21-23-10-4-1-5-11-23/h1-20H,21-22H2. The molecule has 0 saturated heterocycles. The summed E-state index contributed by atoms with van der Waals surface area (Å²) in [6.45, 7) is 1.20. The molecule has 0 bridgehead atoms. The fourth-order valence-electron chi connectivity index (χ4n) is 3.58. The van der Waals surface area contributed by atoms with Crippen LogP contribution in [0, 0.1) is 0 Å². The number of para-hydroxylation sites is 1. The molecule has 0 radical (unpaired) electrons. The first kappa shape index (κ1) is 19.7. The van der Waals surface area contributed by atoms with Gasteiger partial charge >= 0.3 is 0 Å². The first-order valence-electron chi connectivity index (χ1n) is 10.1. The highest BCUT2D eigenvalue weighted by Gasteiger charge is 2.12. The highest BCUT2D eigenvalue weighted by atomic mass is 19.1. The summed E-state index contributed by atoms with van der Waals surface area (Å²) in [5.41, 5.74) is 6.10. The highest BCUT2D eigenvalue weighted by Crippen LogP contribution is 2.26. The molecule has 4 aromatic carbocycles. The van der Waals surface area contributed by atoms with E-state index in [0.29, 0.717) is 18.7 Å². The zero-order valence-corrected chi connectivity index (χ0v) is 16.8. The topological polar surface area (TPSA) is 3.24 Å². The third-order valence-corrected chi connectivity index (χ3v) is 5.19. The molecule has 0 heterocycles. The molecule has 0 aliphatic carbocycles. The number of nitrogens with zero attached hydrogens (tertiary/aromatic N) is 1. The lowest BCUT2D eigenvalue weighted by atomic mass is 10.0. The first-order chi connectivity index (χ1) is 14.8. The lowest BCUT2D eigenvalue weighted by Gasteiger charge is -2.26. The molecule has 4 rings (SSSR count). The first-order valence-corrected chi connectivity index (χ1v) is 10.1. The van der Waals surface area contributed by atoms with Gasteiger partial charge in [-0.3, -0.25) is 0 Å². The molecule has 4 aromatic rings. The highest BCUT2D eigenvalue weighted by molar-refractivity contribution is 5.72. The fraction of sp³-hybridized carbons (Fsp3) is 0.0714. The van der Waals surface area contributed by atoms with Crippen LogP contribution in [0.5, 0.6) is 0 Å². The minimum Gasteiger partial charge on any atom is -0.363 e. The Balaban J connectivity index is 1.58. The quantitative estimate of drug-likeness (QED) is 0.317. The Morgan fingerprint density at radius 2 is 1.17 bits per heavy atom. The number of rotatable bonds is 7. The average Bonchev–Trinajstić information content (AvgIpc) is 2.84. The van der Waals surface area contributed by atoms with Crippen LogP contribution in [0.2, 0.25) is 0 Å². The van der Waals surface area contributed by atoms with Crippen molar-refractivity contribution in [3.8, 4) is 11.1 Å². The molecule has 0 aliphatic heterocycles. The van der Waals surface area contributed by atoms with Crippen LogP contribution in [0.1, 0.15) is 11.1 Å². The van der Waals surface area contributed by atoms with E-state index in [1.54, 1.807) is 0 Å². The van der Waals surface area contributed by atoms with Gasteiger partial charge in [-0.2, -0.15) is 0 Å². The second-order valence-corrected chi connectivity index (χ2v) is 7.25. The van der Waals surface area contributed by atoms with Crippen LogP contribution in [0.3, 0.4) is 0 Å². The van der Waals surface area contributed by atoms with Crippen LogP contribution in [-0.2, 0) is 6.54 Å². The maximum atomic E-state index is 14.0. The number of anilines is 1. The van der Waals surface area contributed by atoms with Gasteiger partial charge in [-0.05, 0) is 34.4 Å². The zero-order valence-electron chi connectivity index (χ0n) is 16.8. The number of benzene rings is 4. The van der Waals surface area contributed by atoms with E-state index in [4.69, 9.17) is 0 Å². The van der Waals surface area contributed by atoms with Gasteiger partial charge in [0.2, 0.25) is 0 Å². The summed E-state index contributed by atoms with van der Waals surface area (Å²) < 4.78 is 14.0. The monoisotopic (exact) mass is 393 g/mol. The largest absolute Gasteiger partial charge is 0.363 e. The molecule has 30 heavy (non-hydrogen) atoms. The predicted molar refractivity (Wildman–Crippen MR) is 125 cm³/mol. The minimum atomic E-state index is 0.486. The third-order valence-electron chi connectivity index (χ3n) is 5.19. The Bertz CT molecular complexity index is 1070. The molecule has 0 N–H and O–H groups in total. The zero-order chi connectivity index (χ0) is 20.6. The Morgan fingerprint density at radius 3 is 1.77 bits per heavy atom. The Morgan fingerprint density at radius 1 is 0.633 bits per heavy atom. The van der Waals surface area contributed by atoms with Gasteiger partial charge in [0.05, 0.1) is 6.33 Å². The summed E-state index contributed by atoms with van der Waals surface area (Å²) in [6.07, 6.45) is 0.735. The van der Waals surface area contributed by atoms with Crippen molar-refractivity contribution in [1.29, 1.82) is 0 Å². The summed E-state index contributed by atoms with van der Waals surface area (Å²) in [5, 5.41) is 0. The molecule has 2 heteroatoms. The van der Waals surface area contributed by atoms with E-state index in [1.807, 2.05) is 66.7 Å². The van der Waals surface area contributed by atoms with Crippen molar-refractivity contribution in [2.24, 2.45) is 0 Å². The van der Waals surface area contributed by atoms with Crippen LogP contribution in [-0.4, -0.2) is 6.54 Å². The van der Waals surface area contributed by atoms with E-state index < -0.39 is 0 Å². The van der Waals surface area contributed by atoms with E-state index in [1.165, 1.54) is 5.56 Å². The second-order valence-electron chi connectivity index (χ2n) is 7.25. The van der Waals surface area contributed by atoms with Gasteiger partial charge in [-0.15, -0.1) is 0 Å². The van der Waals surface area contributed by atoms with Crippen LogP contribution in [0.15, 0.2) is 122 Å². The molecular formula is C28H24FN. The van der Waals surface area contributed by atoms with Crippen LogP contribution in [0.4, 0.5) is 10.1 Å².